The summed E-state index contributed by atoms with van der Waals surface area (Å²) in [6.45, 7) is 0. The van der Waals surface area contributed by atoms with Crippen molar-refractivity contribution < 1.29 is 18.9 Å². The van der Waals surface area contributed by atoms with Crippen LogP contribution in [0.4, 0.5) is 5.69 Å². The number of nitrogens with one attached hydrogen (secondary N) is 2. The summed E-state index contributed by atoms with van der Waals surface area (Å²) < 4.78 is 5.37. The van der Waals surface area contributed by atoms with Crippen LogP contribution in [0.5, 0.6) is 0 Å². The number of rotatable bonds is 3. The van der Waals surface area contributed by atoms with E-state index in [2.05, 4.69) is 10.9 Å². The number of nitro benzene ring substituents is 1. The molecule has 0 bridgehead atoms. The second-order valence-electron chi connectivity index (χ2n) is 5.01. The Balaban J connectivity index is 1.66. The number of nitrogens with zero attached hydrogens (tertiary/aromatic N) is 1. The second kappa shape index (κ2) is 6.62. The van der Waals surface area contributed by atoms with E-state index in [1.54, 1.807) is 18.2 Å². The van der Waals surface area contributed by atoms with Crippen molar-refractivity contribution in [3.8, 4) is 0 Å². The Bertz CT molecular complexity index is 981. The van der Waals surface area contributed by atoms with E-state index >= 15 is 0 Å². The fourth-order valence-electron chi connectivity index (χ4n) is 2.11. The normalized spacial score (nSPS) is 10.4. The van der Waals surface area contributed by atoms with Crippen LogP contribution in [0.1, 0.15) is 20.9 Å². The number of benzene rings is 2. The number of non-ortho nitro benzene ring substituents is 1. The topological polar surface area (TPSA) is 114 Å². The maximum Gasteiger partial charge on any atom is 0.305 e. The molecule has 2 N–H and O–H groups in total. The SMILES string of the molecule is O=C(NNC(=O)c1cc2cc(Cl)ccc2o1)c1ccc([N+](=O)[O-])cc1. The van der Waals surface area contributed by atoms with Crippen LogP contribution in [0.3, 0.4) is 0 Å². The Labute approximate surface area is 145 Å². The van der Waals surface area contributed by atoms with Crippen molar-refractivity contribution in [2.24, 2.45) is 0 Å². The minimum absolute atomic E-state index is 0.00117. The van der Waals surface area contributed by atoms with Crippen molar-refractivity contribution >= 4 is 40.1 Å². The number of furan rings is 1. The van der Waals surface area contributed by atoms with Gasteiger partial charge in [0.05, 0.1) is 4.92 Å². The molecule has 0 spiro atoms. The zero-order valence-electron chi connectivity index (χ0n) is 12.5. The molecule has 0 radical (unpaired) electrons. The smallest absolute Gasteiger partial charge is 0.305 e. The molecule has 2 aromatic carbocycles. The minimum atomic E-state index is -0.650. The maximum absolute atomic E-state index is 12.0. The van der Waals surface area contributed by atoms with E-state index in [1.807, 2.05) is 0 Å². The Morgan fingerprint density at radius 1 is 1.00 bits per heavy atom. The summed E-state index contributed by atoms with van der Waals surface area (Å²) in [5.74, 6) is -1.27. The first-order valence-corrected chi connectivity index (χ1v) is 7.36. The number of hydrazine groups is 1. The molecule has 0 atom stereocenters. The highest BCUT2D eigenvalue weighted by Crippen LogP contribution is 2.22. The number of halogens is 1. The van der Waals surface area contributed by atoms with Crippen molar-refractivity contribution in [3.05, 3.63) is 75.0 Å². The Hall–Kier alpha value is -3.39. The van der Waals surface area contributed by atoms with Gasteiger partial charge in [0.1, 0.15) is 5.58 Å². The largest absolute Gasteiger partial charge is 0.451 e. The minimum Gasteiger partial charge on any atom is -0.451 e. The van der Waals surface area contributed by atoms with E-state index < -0.39 is 16.7 Å². The van der Waals surface area contributed by atoms with Crippen molar-refractivity contribution in [1.82, 2.24) is 10.9 Å². The van der Waals surface area contributed by atoms with Gasteiger partial charge in [-0.25, -0.2) is 0 Å². The van der Waals surface area contributed by atoms with Crippen molar-refractivity contribution in [1.29, 1.82) is 0 Å². The monoisotopic (exact) mass is 359 g/mol. The van der Waals surface area contributed by atoms with Gasteiger partial charge < -0.3 is 4.42 Å². The summed E-state index contributed by atoms with van der Waals surface area (Å²) in [7, 11) is 0. The van der Waals surface area contributed by atoms with Gasteiger partial charge in [-0.05, 0) is 36.4 Å². The zero-order chi connectivity index (χ0) is 18.0. The molecule has 0 saturated heterocycles. The molecule has 0 unspecified atom stereocenters. The van der Waals surface area contributed by atoms with Crippen molar-refractivity contribution in [3.63, 3.8) is 0 Å². The summed E-state index contributed by atoms with van der Waals surface area (Å²) >= 11 is 5.87. The Morgan fingerprint density at radius 2 is 1.68 bits per heavy atom. The van der Waals surface area contributed by atoms with E-state index in [4.69, 9.17) is 16.0 Å². The molecule has 1 heterocycles. The molecule has 8 nitrogen and oxygen atoms in total. The summed E-state index contributed by atoms with van der Waals surface area (Å²) in [5, 5.41) is 11.7. The van der Waals surface area contributed by atoms with Crippen LogP contribution in [0, 0.1) is 10.1 Å². The molecular formula is C16H10ClN3O5. The lowest BCUT2D eigenvalue weighted by molar-refractivity contribution is -0.384. The van der Waals surface area contributed by atoms with Crippen LogP contribution in [0.15, 0.2) is 52.9 Å². The summed E-state index contributed by atoms with van der Waals surface area (Å²) in [6, 6.07) is 11.3. The zero-order valence-corrected chi connectivity index (χ0v) is 13.2. The predicted octanol–water partition coefficient (Wildman–Crippen LogP) is 3.07. The van der Waals surface area contributed by atoms with E-state index in [1.165, 1.54) is 30.3 Å². The third kappa shape index (κ3) is 3.59. The van der Waals surface area contributed by atoms with Crippen molar-refractivity contribution in [2.45, 2.75) is 0 Å². The summed E-state index contributed by atoms with van der Waals surface area (Å²) in [6.07, 6.45) is 0. The van der Waals surface area contributed by atoms with E-state index in [9.17, 15) is 19.7 Å². The molecule has 3 aromatic rings. The molecule has 126 valence electrons. The maximum atomic E-state index is 12.0. The molecule has 0 aliphatic carbocycles. The van der Waals surface area contributed by atoms with Crippen LogP contribution in [-0.2, 0) is 0 Å². The number of nitro groups is 1. The number of fused-ring (bicyclic) bond motifs is 1. The fourth-order valence-corrected chi connectivity index (χ4v) is 2.29. The molecule has 0 saturated carbocycles. The van der Waals surface area contributed by atoms with Gasteiger partial charge in [0.2, 0.25) is 0 Å². The number of carbonyl (C=O) groups is 2. The van der Waals surface area contributed by atoms with E-state index in [-0.39, 0.29) is 17.0 Å². The van der Waals surface area contributed by atoms with Crippen LogP contribution in [0.2, 0.25) is 5.02 Å². The molecular weight excluding hydrogens is 350 g/mol. The predicted molar refractivity (Wildman–Crippen MR) is 89.3 cm³/mol. The molecule has 0 aliphatic heterocycles. The molecule has 0 aliphatic rings. The van der Waals surface area contributed by atoms with Gasteiger partial charge in [0, 0.05) is 28.1 Å². The Morgan fingerprint density at radius 3 is 2.36 bits per heavy atom. The van der Waals surface area contributed by atoms with Crippen LogP contribution < -0.4 is 10.9 Å². The standard InChI is InChI=1S/C16H10ClN3O5/c17-11-3-6-13-10(7-11)8-14(25-13)16(22)19-18-15(21)9-1-4-12(5-2-9)20(23)24/h1-8H,(H,18,21)(H,19,22). The van der Waals surface area contributed by atoms with E-state index in [0.29, 0.717) is 16.0 Å². The first-order valence-electron chi connectivity index (χ1n) is 6.98. The summed E-state index contributed by atoms with van der Waals surface area (Å²) in [4.78, 5) is 34.0. The highest BCUT2D eigenvalue weighted by Gasteiger charge is 2.14. The van der Waals surface area contributed by atoms with Gasteiger partial charge in [-0.2, -0.15) is 0 Å². The van der Waals surface area contributed by atoms with Gasteiger partial charge in [-0.3, -0.25) is 30.6 Å². The quantitative estimate of drug-likeness (QED) is 0.551. The van der Waals surface area contributed by atoms with Gasteiger partial charge in [0.15, 0.2) is 5.76 Å². The third-order valence-electron chi connectivity index (χ3n) is 3.33. The molecule has 3 rings (SSSR count). The number of hydrogen-bond acceptors (Lipinski definition) is 5. The molecule has 9 heteroatoms. The molecule has 2 amide bonds. The fraction of sp³-hybridized carbons (Fsp3) is 0. The molecule has 1 aromatic heterocycles. The lowest BCUT2D eigenvalue weighted by atomic mass is 10.2. The number of amides is 2. The first kappa shape index (κ1) is 16.5. The highest BCUT2D eigenvalue weighted by atomic mass is 35.5. The van der Waals surface area contributed by atoms with E-state index in [0.717, 1.165) is 0 Å². The van der Waals surface area contributed by atoms with Crippen LogP contribution in [0.25, 0.3) is 11.0 Å². The highest BCUT2D eigenvalue weighted by molar-refractivity contribution is 6.31. The third-order valence-corrected chi connectivity index (χ3v) is 3.57. The van der Waals surface area contributed by atoms with Crippen LogP contribution in [-0.4, -0.2) is 16.7 Å². The van der Waals surface area contributed by atoms with Gasteiger partial charge >= 0.3 is 5.91 Å². The van der Waals surface area contributed by atoms with Crippen LogP contribution >= 0.6 is 11.6 Å². The number of hydrogen-bond donors (Lipinski definition) is 2. The van der Waals surface area contributed by atoms with Gasteiger partial charge in [0.25, 0.3) is 11.6 Å². The molecule has 0 fully saturated rings. The lowest BCUT2D eigenvalue weighted by Crippen LogP contribution is -2.41. The molecule has 25 heavy (non-hydrogen) atoms. The average molecular weight is 360 g/mol. The summed E-state index contributed by atoms with van der Waals surface area (Å²) in [5.41, 5.74) is 4.92. The number of carbonyl (C=O) groups excluding carboxylic acids is 2. The second-order valence-corrected chi connectivity index (χ2v) is 5.44. The lowest BCUT2D eigenvalue weighted by Gasteiger charge is -2.05. The van der Waals surface area contributed by atoms with Gasteiger partial charge in [-0.15, -0.1) is 0 Å². The Kier molecular flexibility index (Phi) is 4.36. The van der Waals surface area contributed by atoms with Gasteiger partial charge in [-0.1, -0.05) is 11.6 Å². The average Bonchev–Trinajstić information content (AvgIpc) is 3.02. The first-order chi connectivity index (χ1) is 11.9. The van der Waals surface area contributed by atoms with Crippen molar-refractivity contribution in [2.75, 3.05) is 0 Å².